The first-order valence-electron chi connectivity index (χ1n) is 8.70. The highest BCUT2D eigenvalue weighted by Gasteiger charge is 2.31. The number of aromatic nitrogens is 3. The first kappa shape index (κ1) is 17.6. The highest BCUT2D eigenvalue weighted by atomic mass is 16.1. The third-order valence-corrected chi connectivity index (χ3v) is 4.93. The summed E-state index contributed by atoms with van der Waals surface area (Å²) >= 11 is 0. The van der Waals surface area contributed by atoms with Gasteiger partial charge in [0, 0.05) is 49.9 Å². The monoisotopic (exact) mass is 341 g/mol. The molecule has 1 aliphatic rings. The van der Waals surface area contributed by atoms with E-state index in [9.17, 15) is 4.79 Å². The van der Waals surface area contributed by atoms with E-state index in [1.54, 1.807) is 10.6 Å². The molecule has 2 aromatic rings. The molecule has 0 spiro atoms. The van der Waals surface area contributed by atoms with Gasteiger partial charge in [0.2, 0.25) is 5.56 Å². The van der Waals surface area contributed by atoms with Crippen molar-refractivity contribution in [2.45, 2.75) is 38.8 Å². The van der Waals surface area contributed by atoms with Crippen LogP contribution in [0, 0.1) is 0 Å². The van der Waals surface area contributed by atoms with Gasteiger partial charge in [-0.3, -0.25) is 9.69 Å². The van der Waals surface area contributed by atoms with E-state index < -0.39 is 0 Å². The zero-order valence-corrected chi connectivity index (χ0v) is 15.7. The summed E-state index contributed by atoms with van der Waals surface area (Å²) in [6.07, 6.45) is 0. The van der Waals surface area contributed by atoms with Gasteiger partial charge in [-0.25, -0.2) is 0 Å². The molecule has 0 aromatic carbocycles. The third kappa shape index (κ3) is 3.74. The van der Waals surface area contributed by atoms with Crippen LogP contribution >= 0.6 is 0 Å². The minimum atomic E-state index is 0.0227. The molecule has 0 atom stereocenters. The van der Waals surface area contributed by atoms with Crippen LogP contribution in [0.1, 0.15) is 32.2 Å². The highest BCUT2D eigenvalue weighted by Crippen LogP contribution is 2.24. The molecule has 0 N–H and O–H groups in total. The Balaban J connectivity index is 1.58. The average molecular weight is 341 g/mol. The third-order valence-electron chi connectivity index (χ3n) is 4.93. The van der Waals surface area contributed by atoms with Gasteiger partial charge in [-0.2, -0.15) is 5.10 Å². The largest absolute Gasteiger partial charge is 0.352 e. The molecule has 0 amide bonds. The van der Waals surface area contributed by atoms with Gasteiger partial charge in [0.25, 0.3) is 0 Å². The van der Waals surface area contributed by atoms with Crippen molar-refractivity contribution in [1.29, 1.82) is 0 Å². The van der Waals surface area contributed by atoms with Gasteiger partial charge in [0.15, 0.2) is 5.82 Å². The van der Waals surface area contributed by atoms with Crippen LogP contribution in [-0.4, -0.2) is 45.8 Å². The molecule has 1 aliphatic heterocycles. The molecule has 3 heterocycles. The number of hydrogen-bond donors (Lipinski definition) is 0. The van der Waals surface area contributed by atoms with E-state index in [1.165, 1.54) is 0 Å². The second-order valence-corrected chi connectivity index (χ2v) is 7.92. The number of hydrogen-bond acceptors (Lipinski definition) is 5. The molecular weight excluding hydrogens is 314 g/mol. The minimum Gasteiger partial charge on any atom is -0.352 e. The van der Waals surface area contributed by atoms with Gasteiger partial charge in [0.1, 0.15) is 0 Å². The molecule has 0 aliphatic carbocycles. The van der Waals surface area contributed by atoms with Gasteiger partial charge in [-0.15, -0.1) is 5.10 Å². The quantitative estimate of drug-likeness (QED) is 0.849. The Morgan fingerprint density at radius 2 is 1.88 bits per heavy atom. The zero-order valence-electron chi connectivity index (χ0n) is 15.7. The lowest BCUT2D eigenvalue weighted by molar-refractivity contribution is 0.192. The first-order chi connectivity index (χ1) is 11.8. The Kier molecular flexibility index (Phi) is 4.64. The van der Waals surface area contributed by atoms with Crippen molar-refractivity contribution >= 4 is 5.82 Å². The lowest BCUT2D eigenvalue weighted by Crippen LogP contribution is -2.58. The Morgan fingerprint density at radius 1 is 1.16 bits per heavy atom. The predicted octanol–water partition coefficient (Wildman–Crippen LogP) is 1.79. The Morgan fingerprint density at radius 3 is 2.48 bits per heavy atom. The van der Waals surface area contributed by atoms with Crippen molar-refractivity contribution in [1.82, 2.24) is 19.7 Å². The maximum atomic E-state index is 11.7. The van der Waals surface area contributed by atoms with Crippen molar-refractivity contribution in [2.24, 2.45) is 7.05 Å². The molecule has 0 bridgehead atoms. The zero-order chi connectivity index (χ0) is 18.2. The number of pyridine rings is 1. The van der Waals surface area contributed by atoms with E-state index in [0.29, 0.717) is 6.04 Å². The number of nitrogens with zero attached hydrogens (tertiary/aromatic N) is 5. The molecule has 6 heteroatoms. The smallest absolute Gasteiger partial charge is 0.250 e. The van der Waals surface area contributed by atoms with Crippen LogP contribution in [0.25, 0.3) is 0 Å². The van der Waals surface area contributed by atoms with Crippen LogP contribution in [-0.2, 0) is 19.0 Å². The molecular formula is C19H27N5O. The standard InChI is InChI=1S/C19H27N5O/c1-19(2,3)16-9-10-17(21-20-16)24-12-15(13-24)22(4)11-14-7-6-8-18(25)23(14)5/h6-10,15H,11-13H2,1-5H3. The summed E-state index contributed by atoms with van der Waals surface area (Å²) in [5.74, 6) is 0.935. The predicted molar refractivity (Wildman–Crippen MR) is 99.9 cm³/mol. The number of rotatable bonds is 4. The summed E-state index contributed by atoms with van der Waals surface area (Å²) in [4.78, 5) is 16.3. The fraction of sp³-hybridized carbons (Fsp3) is 0.526. The molecule has 25 heavy (non-hydrogen) atoms. The Hall–Kier alpha value is -2.21. The number of anilines is 1. The van der Waals surface area contributed by atoms with Gasteiger partial charge in [-0.1, -0.05) is 26.8 Å². The average Bonchev–Trinajstić information content (AvgIpc) is 2.50. The van der Waals surface area contributed by atoms with E-state index in [-0.39, 0.29) is 11.0 Å². The summed E-state index contributed by atoms with van der Waals surface area (Å²) in [6.45, 7) is 9.05. The van der Waals surface area contributed by atoms with Gasteiger partial charge >= 0.3 is 0 Å². The van der Waals surface area contributed by atoms with E-state index in [4.69, 9.17) is 0 Å². The van der Waals surface area contributed by atoms with Crippen molar-refractivity contribution in [3.8, 4) is 0 Å². The Labute approximate surface area is 149 Å². The second kappa shape index (κ2) is 6.59. The van der Waals surface area contributed by atoms with Crippen LogP contribution in [0.2, 0.25) is 0 Å². The van der Waals surface area contributed by atoms with E-state index in [1.807, 2.05) is 19.2 Å². The van der Waals surface area contributed by atoms with Crippen LogP contribution in [0.15, 0.2) is 35.1 Å². The number of likely N-dealkylation sites (N-methyl/N-ethyl adjacent to an activating group) is 1. The Bertz CT molecular complexity index is 785. The van der Waals surface area contributed by atoms with Crippen molar-refractivity contribution in [2.75, 3.05) is 25.0 Å². The van der Waals surface area contributed by atoms with Gasteiger partial charge < -0.3 is 9.47 Å². The molecule has 1 fully saturated rings. The van der Waals surface area contributed by atoms with Crippen LogP contribution in [0.4, 0.5) is 5.82 Å². The molecule has 1 saturated heterocycles. The molecule has 0 radical (unpaired) electrons. The highest BCUT2D eigenvalue weighted by molar-refractivity contribution is 5.42. The van der Waals surface area contributed by atoms with Crippen LogP contribution in [0.3, 0.4) is 0 Å². The normalized spacial score (nSPS) is 15.5. The molecule has 0 unspecified atom stereocenters. The SMILES string of the molecule is CN(Cc1cccc(=O)n1C)C1CN(c2ccc(C(C)(C)C)nn2)C1. The van der Waals surface area contributed by atoms with Crippen molar-refractivity contribution < 1.29 is 0 Å². The molecule has 2 aromatic heterocycles. The van der Waals surface area contributed by atoms with E-state index in [0.717, 1.165) is 36.8 Å². The fourth-order valence-electron chi connectivity index (χ4n) is 2.97. The van der Waals surface area contributed by atoms with Gasteiger partial charge in [0.05, 0.1) is 5.69 Å². The van der Waals surface area contributed by atoms with Crippen LogP contribution in [0.5, 0.6) is 0 Å². The summed E-state index contributed by atoms with van der Waals surface area (Å²) in [5, 5.41) is 8.75. The van der Waals surface area contributed by atoms with Crippen molar-refractivity contribution in [3.63, 3.8) is 0 Å². The van der Waals surface area contributed by atoms with E-state index in [2.05, 4.69) is 59.9 Å². The topological polar surface area (TPSA) is 54.3 Å². The molecule has 0 saturated carbocycles. The van der Waals surface area contributed by atoms with Gasteiger partial charge in [-0.05, 0) is 25.2 Å². The second-order valence-electron chi connectivity index (χ2n) is 7.92. The molecule has 134 valence electrons. The lowest BCUT2D eigenvalue weighted by Gasteiger charge is -2.44. The van der Waals surface area contributed by atoms with Crippen molar-refractivity contribution in [3.05, 3.63) is 52.1 Å². The lowest BCUT2D eigenvalue weighted by atomic mass is 9.92. The van der Waals surface area contributed by atoms with E-state index >= 15 is 0 Å². The maximum Gasteiger partial charge on any atom is 0.250 e. The first-order valence-corrected chi connectivity index (χ1v) is 8.70. The maximum absolute atomic E-state index is 11.7. The summed E-state index contributed by atoms with van der Waals surface area (Å²) < 4.78 is 1.71. The molecule has 3 rings (SSSR count). The van der Waals surface area contributed by atoms with Crippen LogP contribution < -0.4 is 10.5 Å². The summed E-state index contributed by atoms with van der Waals surface area (Å²) in [5.41, 5.74) is 2.10. The summed E-state index contributed by atoms with van der Waals surface area (Å²) in [7, 11) is 3.93. The molecule has 6 nitrogen and oxygen atoms in total. The summed E-state index contributed by atoms with van der Waals surface area (Å²) in [6, 6.07) is 10.0. The minimum absolute atomic E-state index is 0.0227. The fourth-order valence-corrected chi connectivity index (χ4v) is 2.97.